The Hall–Kier alpha value is -1.68. The summed E-state index contributed by atoms with van der Waals surface area (Å²) in [6, 6.07) is 0. The molecule has 0 spiro atoms. The van der Waals surface area contributed by atoms with Crippen LogP contribution in [0.4, 0.5) is 0 Å². The summed E-state index contributed by atoms with van der Waals surface area (Å²) >= 11 is 0. The van der Waals surface area contributed by atoms with Gasteiger partial charge in [0.2, 0.25) is 5.82 Å². The van der Waals surface area contributed by atoms with E-state index in [1.165, 1.54) is 38.9 Å². The van der Waals surface area contributed by atoms with Crippen molar-refractivity contribution in [3.8, 4) is 0 Å². The first-order valence-electron chi connectivity index (χ1n) is 7.88. The summed E-state index contributed by atoms with van der Waals surface area (Å²) < 4.78 is 6.59. The van der Waals surface area contributed by atoms with E-state index in [1.54, 1.807) is 6.08 Å². The van der Waals surface area contributed by atoms with Crippen molar-refractivity contribution >= 4 is 5.57 Å². The lowest BCUT2D eigenvalue weighted by atomic mass is 9.86. The van der Waals surface area contributed by atoms with Crippen molar-refractivity contribution in [1.82, 2.24) is 10.1 Å². The molecule has 0 N–H and O–H groups in total. The molecule has 0 saturated carbocycles. The maximum atomic E-state index is 5.44. The number of quaternary nitrogens is 1. The normalized spacial score (nSPS) is 29.2. The number of allylic oxidation sites excluding steroid dienone is 5. The molecule has 4 nitrogen and oxygen atoms in total. The highest BCUT2D eigenvalue weighted by atomic mass is 16.5. The quantitative estimate of drug-likeness (QED) is 0.615. The average Bonchev–Trinajstić information content (AvgIpc) is 2.96. The van der Waals surface area contributed by atoms with Crippen molar-refractivity contribution < 1.29 is 9.01 Å². The van der Waals surface area contributed by atoms with Crippen molar-refractivity contribution in [3.05, 3.63) is 42.6 Å². The zero-order chi connectivity index (χ0) is 14.7. The Bertz CT molecular complexity index is 549. The number of rotatable bonds is 5. The van der Waals surface area contributed by atoms with Crippen LogP contribution in [-0.2, 0) is 6.54 Å². The summed E-state index contributed by atoms with van der Waals surface area (Å²) in [4.78, 5) is 4.59. The first kappa shape index (κ1) is 14.3. The zero-order valence-electron chi connectivity index (χ0n) is 12.8. The molecule has 0 aromatic carbocycles. The Labute approximate surface area is 126 Å². The second-order valence-electron chi connectivity index (χ2n) is 6.28. The van der Waals surface area contributed by atoms with Gasteiger partial charge in [-0.15, -0.1) is 0 Å². The van der Waals surface area contributed by atoms with E-state index in [2.05, 4.69) is 16.7 Å². The number of nitrogens with zero attached hydrogens (tertiary/aromatic N) is 3. The second kappa shape index (κ2) is 5.98. The van der Waals surface area contributed by atoms with E-state index in [-0.39, 0.29) is 0 Å². The molecule has 4 rings (SSSR count). The van der Waals surface area contributed by atoms with E-state index in [0.29, 0.717) is 5.89 Å². The standard InChI is InChI=1S/C17H24N3O/c1-3-5-15(6-4-2)17-18-16(19-21-17)13-20-10-7-14(8-11-20)9-12-20/h3-6,14H,1,7-13H2,2H3/q+1/b6-4-,15-5+. The minimum absolute atomic E-state index is 0.591. The van der Waals surface area contributed by atoms with Gasteiger partial charge in [-0.2, -0.15) is 4.98 Å². The monoisotopic (exact) mass is 286 g/mol. The van der Waals surface area contributed by atoms with E-state index >= 15 is 0 Å². The molecule has 2 bridgehead atoms. The highest BCUT2D eigenvalue weighted by Crippen LogP contribution is 2.34. The van der Waals surface area contributed by atoms with Gasteiger partial charge in [-0.05, 0) is 32.1 Å². The maximum Gasteiger partial charge on any atom is 0.258 e. The summed E-state index contributed by atoms with van der Waals surface area (Å²) in [5.41, 5.74) is 0.920. The van der Waals surface area contributed by atoms with Crippen LogP contribution in [0.15, 0.2) is 35.4 Å². The Balaban J connectivity index is 1.75. The number of hydrogen-bond donors (Lipinski definition) is 0. The molecule has 0 atom stereocenters. The largest absolute Gasteiger partial charge is 0.334 e. The van der Waals surface area contributed by atoms with Crippen LogP contribution in [0.2, 0.25) is 0 Å². The van der Waals surface area contributed by atoms with Gasteiger partial charge in [-0.1, -0.05) is 36.0 Å². The van der Waals surface area contributed by atoms with Crippen LogP contribution in [0.5, 0.6) is 0 Å². The van der Waals surface area contributed by atoms with Crippen LogP contribution in [-0.4, -0.2) is 34.3 Å². The van der Waals surface area contributed by atoms with E-state index in [1.807, 2.05) is 25.2 Å². The van der Waals surface area contributed by atoms with E-state index < -0.39 is 0 Å². The van der Waals surface area contributed by atoms with Crippen molar-refractivity contribution in [3.63, 3.8) is 0 Å². The number of fused-ring (bicyclic) bond motifs is 3. The van der Waals surface area contributed by atoms with Crippen molar-refractivity contribution in [2.75, 3.05) is 19.6 Å². The van der Waals surface area contributed by atoms with Gasteiger partial charge in [0.05, 0.1) is 19.6 Å². The first-order chi connectivity index (χ1) is 10.2. The fourth-order valence-electron chi connectivity index (χ4n) is 3.61. The summed E-state index contributed by atoms with van der Waals surface area (Å²) in [5.74, 6) is 2.40. The molecular formula is C17H24N3O+. The number of piperidine rings is 3. The topological polar surface area (TPSA) is 38.9 Å². The van der Waals surface area contributed by atoms with E-state index in [0.717, 1.165) is 28.3 Å². The van der Waals surface area contributed by atoms with E-state index in [9.17, 15) is 0 Å². The molecule has 1 aromatic heterocycles. The van der Waals surface area contributed by atoms with Gasteiger partial charge >= 0.3 is 0 Å². The third-order valence-electron chi connectivity index (χ3n) is 4.87. The second-order valence-corrected chi connectivity index (χ2v) is 6.28. The van der Waals surface area contributed by atoms with Gasteiger partial charge in [0.25, 0.3) is 5.89 Å². The third-order valence-corrected chi connectivity index (χ3v) is 4.87. The Kier molecular flexibility index (Phi) is 4.06. The molecule has 4 heterocycles. The van der Waals surface area contributed by atoms with Gasteiger partial charge in [0.15, 0.2) is 0 Å². The number of hydrogen-bond acceptors (Lipinski definition) is 3. The molecule has 3 aliphatic heterocycles. The lowest BCUT2D eigenvalue weighted by Crippen LogP contribution is -2.57. The van der Waals surface area contributed by atoms with Gasteiger partial charge in [0.1, 0.15) is 6.54 Å². The molecule has 0 amide bonds. The van der Waals surface area contributed by atoms with Crippen molar-refractivity contribution in [2.24, 2.45) is 5.92 Å². The molecule has 21 heavy (non-hydrogen) atoms. The summed E-state index contributed by atoms with van der Waals surface area (Å²) in [5, 5.41) is 4.20. The molecule has 112 valence electrons. The Morgan fingerprint density at radius 2 is 2.05 bits per heavy atom. The molecule has 3 fully saturated rings. The predicted molar refractivity (Wildman–Crippen MR) is 83.2 cm³/mol. The van der Waals surface area contributed by atoms with Gasteiger partial charge in [-0.3, -0.25) is 0 Å². The lowest BCUT2D eigenvalue weighted by Gasteiger charge is -2.48. The molecule has 4 heteroatoms. The fourth-order valence-corrected chi connectivity index (χ4v) is 3.61. The fraction of sp³-hybridized carbons (Fsp3) is 0.529. The molecule has 3 saturated heterocycles. The van der Waals surface area contributed by atoms with Gasteiger partial charge in [-0.25, -0.2) is 0 Å². The molecule has 0 unspecified atom stereocenters. The highest BCUT2D eigenvalue weighted by Gasteiger charge is 2.40. The molecule has 0 radical (unpaired) electrons. The third kappa shape index (κ3) is 3.00. The van der Waals surface area contributed by atoms with Gasteiger partial charge < -0.3 is 9.01 Å². The summed E-state index contributed by atoms with van der Waals surface area (Å²) in [6.07, 6.45) is 11.7. The SMILES string of the molecule is C=C/C=C(\C=C/C)c1nc(C[N+]23CCC(CC2)CC3)no1. The van der Waals surface area contributed by atoms with Crippen LogP contribution < -0.4 is 0 Å². The van der Waals surface area contributed by atoms with Crippen molar-refractivity contribution in [1.29, 1.82) is 0 Å². The van der Waals surface area contributed by atoms with E-state index in [4.69, 9.17) is 4.52 Å². The maximum absolute atomic E-state index is 5.44. The average molecular weight is 286 g/mol. The van der Waals surface area contributed by atoms with Crippen LogP contribution in [0.1, 0.15) is 37.9 Å². The minimum Gasteiger partial charge on any atom is -0.334 e. The van der Waals surface area contributed by atoms with Crippen LogP contribution in [0, 0.1) is 5.92 Å². The van der Waals surface area contributed by atoms with Crippen LogP contribution in [0.25, 0.3) is 5.57 Å². The summed E-state index contributed by atoms with van der Waals surface area (Å²) in [7, 11) is 0. The minimum atomic E-state index is 0.591. The Morgan fingerprint density at radius 3 is 2.67 bits per heavy atom. The van der Waals surface area contributed by atoms with Crippen LogP contribution >= 0.6 is 0 Å². The highest BCUT2D eigenvalue weighted by molar-refractivity contribution is 5.69. The summed E-state index contributed by atoms with van der Waals surface area (Å²) in [6.45, 7) is 10.5. The molecular weight excluding hydrogens is 262 g/mol. The van der Waals surface area contributed by atoms with Crippen LogP contribution in [0.3, 0.4) is 0 Å². The first-order valence-corrected chi connectivity index (χ1v) is 7.88. The molecule has 1 aromatic rings. The lowest BCUT2D eigenvalue weighted by molar-refractivity contribution is -0.955. The molecule has 3 aliphatic rings. The smallest absolute Gasteiger partial charge is 0.258 e. The zero-order valence-corrected chi connectivity index (χ0v) is 12.8. The van der Waals surface area contributed by atoms with Crippen molar-refractivity contribution in [2.45, 2.75) is 32.7 Å². The predicted octanol–water partition coefficient (Wildman–Crippen LogP) is 3.35. The number of aromatic nitrogens is 2. The van der Waals surface area contributed by atoms with Gasteiger partial charge in [0, 0.05) is 5.57 Å². The Morgan fingerprint density at radius 1 is 1.33 bits per heavy atom. The molecule has 0 aliphatic carbocycles.